The molecule has 0 spiro atoms. The lowest BCUT2D eigenvalue weighted by molar-refractivity contribution is -0.170. The van der Waals surface area contributed by atoms with Crippen molar-refractivity contribution in [2.45, 2.75) is 61.7 Å². The number of piperazine rings is 1. The van der Waals surface area contributed by atoms with E-state index >= 15 is 0 Å². The number of carboxylic acid groups (broad SMARTS) is 4. The Morgan fingerprint density at radius 3 is 2.27 bits per heavy atom. The number of ether oxygens (including phenoxy) is 2. The van der Waals surface area contributed by atoms with Crippen LogP contribution in [0, 0.1) is 5.92 Å². The molecule has 0 aromatic heterocycles. The van der Waals surface area contributed by atoms with Crippen molar-refractivity contribution < 1.29 is 54.2 Å². The normalized spacial score (nSPS) is 29.9. The number of fused-ring (bicyclic) bond motifs is 6. The molecule has 3 fully saturated rings. The summed E-state index contributed by atoms with van der Waals surface area (Å²) in [6.07, 6.45) is -0.768. The number of rotatable bonds is 7. The lowest BCUT2D eigenvalue weighted by Crippen LogP contribution is -2.64. The van der Waals surface area contributed by atoms with Crippen LogP contribution in [0.25, 0.3) is 0 Å². The summed E-state index contributed by atoms with van der Waals surface area (Å²) < 4.78 is 11.8. The van der Waals surface area contributed by atoms with E-state index < -0.39 is 42.3 Å². The molecule has 5 N–H and O–H groups in total. The van der Waals surface area contributed by atoms with Crippen LogP contribution in [0.15, 0.2) is 18.2 Å². The van der Waals surface area contributed by atoms with Crippen LogP contribution in [0.1, 0.15) is 36.4 Å². The van der Waals surface area contributed by atoms with Crippen molar-refractivity contribution in [2.24, 2.45) is 5.92 Å². The van der Waals surface area contributed by atoms with Gasteiger partial charge in [0.2, 0.25) is 0 Å². The molecule has 37 heavy (non-hydrogen) atoms. The van der Waals surface area contributed by atoms with Crippen LogP contribution in [0.4, 0.5) is 0 Å². The summed E-state index contributed by atoms with van der Waals surface area (Å²) in [4.78, 5) is 47.0. The summed E-state index contributed by atoms with van der Waals surface area (Å²) >= 11 is 0. The van der Waals surface area contributed by atoms with Gasteiger partial charge in [-0.1, -0.05) is 12.1 Å². The molecular formula is C24H30N2O11. The van der Waals surface area contributed by atoms with Crippen LogP contribution in [0.3, 0.4) is 0 Å². The summed E-state index contributed by atoms with van der Waals surface area (Å²) in [5.41, 5.74) is -0.236. The maximum Gasteiger partial charge on any atom is 0.336 e. The molecule has 0 aliphatic carbocycles. The smallest absolute Gasteiger partial charge is 0.336 e. The van der Waals surface area contributed by atoms with E-state index in [0.29, 0.717) is 13.0 Å². The maximum absolute atomic E-state index is 11.8. The van der Waals surface area contributed by atoms with Gasteiger partial charge in [0.25, 0.3) is 0 Å². The summed E-state index contributed by atoms with van der Waals surface area (Å²) in [5.74, 6) is -5.09. The highest BCUT2D eigenvalue weighted by Gasteiger charge is 2.62. The van der Waals surface area contributed by atoms with E-state index in [0.717, 1.165) is 12.2 Å². The van der Waals surface area contributed by atoms with Gasteiger partial charge in [0.05, 0.1) is 44.6 Å². The van der Waals surface area contributed by atoms with Crippen LogP contribution in [-0.4, -0.2) is 110 Å². The predicted octanol–water partition coefficient (Wildman–Crippen LogP) is -0.142. The maximum atomic E-state index is 11.8. The Kier molecular flexibility index (Phi) is 7.16. The third kappa shape index (κ3) is 4.63. The molecule has 4 heterocycles. The average molecular weight is 523 g/mol. The number of aliphatic carboxylic acids is 4. The summed E-state index contributed by atoms with van der Waals surface area (Å²) in [5, 5.41) is 43.5. The van der Waals surface area contributed by atoms with Gasteiger partial charge in [-0.2, -0.15) is 0 Å². The number of likely N-dealkylation sites (N-methyl/N-ethyl adjacent to an activating group) is 1. The minimum Gasteiger partial charge on any atom is -0.496 e. The third-order valence-corrected chi connectivity index (χ3v) is 7.83. The fourth-order valence-electron chi connectivity index (χ4n) is 6.34. The third-order valence-electron chi connectivity index (χ3n) is 7.83. The molecule has 0 amide bonds. The minimum atomic E-state index is -2.74. The number of methoxy groups -OCH3 is 1. The van der Waals surface area contributed by atoms with Crippen molar-refractivity contribution >= 4 is 23.9 Å². The van der Waals surface area contributed by atoms with E-state index in [9.17, 15) is 24.3 Å². The van der Waals surface area contributed by atoms with Gasteiger partial charge < -0.3 is 35.0 Å². The largest absolute Gasteiger partial charge is 0.496 e. The number of aliphatic hydroxyl groups is 1. The standard InChI is InChI=1S/C18H22N2O4.C6H8O7/c1-19-12-7-10(18(21)22)16(19)11-6-9-4-3-5-14(23-2)15(9)13-8-24-17(12)20(11)13;7-3(8)1-6(13,5(11)12)2-4(9)10/h3-5,10-13,16-17H,6-8H2,1-2H3,(H,21,22);13H,1-2H2,(H,7,8)(H,9,10)(H,11,12)/t10-,11+,12-,13+,16+,17-;/m0./s1. The number of hydrogen-bond acceptors (Lipinski definition) is 9. The van der Waals surface area contributed by atoms with Gasteiger partial charge in [0, 0.05) is 17.6 Å². The molecule has 0 unspecified atom stereocenters. The molecular weight excluding hydrogens is 492 g/mol. The number of nitrogens with zero attached hydrogens (tertiary/aromatic N) is 2. The van der Waals surface area contributed by atoms with E-state index in [1.807, 2.05) is 12.1 Å². The molecule has 0 radical (unpaired) electrons. The Balaban J connectivity index is 0.000000212. The Labute approximate surface area is 211 Å². The van der Waals surface area contributed by atoms with Gasteiger partial charge in [-0.15, -0.1) is 0 Å². The van der Waals surface area contributed by atoms with Crippen molar-refractivity contribution in [1.82, 2.24) is 9.80 Å². The van der Waals surface area contributed by atoms with Crippen molar-refractivity contribution in [3.63, 3.8) is 0 Å². The van der Waals surface area contributed by atoms with Gasteiger partial charge in [0.1, 0.15) is 12.0 Å². The number of carboxylic acids is 4. The highest BCUT2D eigenvalue weighted by molar-refractivity contribution is 5.88. The first-order valence-corrected chi connectivity index (χ1v) is 11.8. The fraction of sp³-hybridized carbons (Fsp3) is 0.583. The van der Waals surface area contributed by atoms with E-state index in [1.54, 1.807) is 7.11 Å². The van der Waals surface area contributed by atoms with E-state index in [2.05, 4.69) is 22.9 Å². The first kappa shape index (κ1) is 26.8. The molecule has 13 nitrogen and oxygen atoms in total. The van der Waals surface area contributed by atoms with E-state index in [-0.39, 0.29) is 36.3 Å². The zero-order chi connectivity index (χ0) is 27.2. The molecule has 4 aliphatic heterocycles. The Hall–Kier alpha value is -3.26. The average Bonchev–Trinajstić information content (AvgIpc) is 3.34. The quantitative estimate of drug-likeness (QED) is 0.318. The van der Waals surface area contributed by atoms with Gasteiger partial charge in [-0.05, 0) is 31.5 Å². The van der Waals surface area contributed by atoms with Crippen molar-refractivity contribution in [2.75, 3.05) is 20.8 Å². The summed E-state index contributed by atoms with van der Waals surface area (Å²) in [6.45, 7) is 0.656. The second-order valence-corrected chi connectivity index (χ2v) is 9.87. The van der Waals surface area contributed by atoms with Gasteiger partial charge >= 0.3 is 23.9 Å². The molecule has 13 heteroatoms. The molecule has 4 aliphatic rings. The van der Waals surface area contributed by atoms with Gasteiger partial charge in [0.15, 0.2) is 5.60 Å². The van der Waals surface area contributed by atoms with E-state index in [1.165, 1.54) is 11.1 Å². The molecule has 0 saturated carbocycles. The Morgan fingerprint density at radius 2 is 1.73 bits per heavy atom. The number of carbonyl (C=O) groups is 4. The van der Waals surface area contributed by atoms with Crippen LogP contribution in [0.5, 0.6) is 5.75 Å². The number of hydrogen-bond donors (Lipinski definition) is 5. The van der Waals surface area contributed by atoms with Gasteiger partial charge in [-0.25, -0.2) is 4.79 Å². The lowest BCUT2D eigenvalue weighted by Gasteiger charge is -2.51. The molecule has 3 saturated heterocycles. The molecule has 2 bridgehead atoms. The Morgan fingerprint density at radius 1 is 1.08 bits per heavy atom. The van der Waals surface area contributed by atoms with Gasteiger partial charge in [-0.3, -0.25) is 24.2 Å². The molecule has 202 valence electrons. The second-order valence-electron chi connectivity index (χ2n) is 9.87. The van der Waals surface area contributed by atoms with Crippen molar-refractivity contribution in [3.8, 4) is 5.75 Å². The number of benzene rings is 1. The van der Waals surface area contributed by atoms with Crippen LogP contribution in [-0.2, 0) is 30.3 Å². The molecule has 5 rings (SSSR count). The highest BCUT2D eigenvalue weighted by atomic mass is 16.5. The molecule has 1 aromatic carbocycles. The minimum absolute atomic E-state index is 0.0105. The SMILES string of the molecule is COc1cccc2c1[C@H]1CO[C@H]3[C@@H]4C[C@H](C(=O)O)[C@H]([C@@H](C2)N13)N4C.O=C(O)CC(O)(CC(=O)O)C(=O)O. The zero-order valence-electron chi connectivity index (χ0n) is 20.3. The topological polar surface area (TPSA) is 194 Å². The fourth-order valence-corrected chi connectivity index (χ4v) is 6.34. The van der Waals surface area contributed by atoms with Crippen LogP contribution < -0.4 is 4.74 Å². The monoisotopic (exact) mass is 522 g/mol. The summed E-state index contributed by atoms with van der Waals surface area (Å²) in [7, 11) is 3.77. The second kappa shape index (κ2) is 9.89. The first-order chi connectivity index (χ1) is 17.4. The molecule has 6 atom stereocenters. The lowest BCUT2D eigenvalue weighted by atomic mass is 9.82. The zero-order valence-corrected chi connectivity index (χ0v) is 20.3. The van der Waals surface area contributed by atoms with Crippen molar-refractivity contribution in [1.29, 1.82) is 0 Å². The highest BCUT2D eigenvalue weighted by Crippen LogP contribution is 2.52. The van der Waals surface area contributed by atoms with Crippen molar-refractivity contribution in [3.05, 3.63) is 29.3 Å². The van der Waals surface area contributed by atoms with Crippen LogP contribution in [0.2, 0.25) is 0 Å². The summed E-state index contributed by atoms with van der Waals surface area (Å²) in [6, 6.07) is 6.76. The predicted molar refractivity (Wildman–Crippen MR) is 123 cm³/mol. The van der Waals surface area contributed by atoms with E-state index in [4.69, 9.17) is 29.9 Å². The van der Waals surface area contributed by atoms with Crippen LogP contribution >= 0.6 is 0 Å². The first-order valence-electron chi connectivity index (χ1n) is 11.8. The molecule has 1 aromatic rings. The Bertz CT molecular complexity index is 1090.